The van der Waals surface area contributed by atoms with Gasteiger partial charge in [0.2, 0.25) is 5.82 Å². The van der Waals surface area contributed by atoms with Crippen molar-refractivity contribution >= 4 is 30.8 Å². The van der Waals surface area contributed by atoms with Crippen LogP contribution in [0.1, 0.15) is 41.8 Å². The van der Waals surface area contributed by atoms with Gasteiger partial charge in [-0.15, -0.1) is 24.8 Å². The van der Waals surface area contributed by atoms with Crippen molar-refractivity contribution in [2.75, 3.05) is 6.61 Å². The van der Waals surface area contributed by atoms with Gasteiger partial charge < -0.3 is 15.0 Å². The molecule has 18 heavy (non-hydrogen) atoms. The number of esters is 1. The van der Waals surface area contributed by atoms with Crippen molar-refractivity contribution in [2.24, 2.45) is 5.73 Å². The van der Waals surface area contributed by atoms with Crippen molar-refractivity contribution in [2.45, 2.75) is 39.3 Å². The lowest BCUT2D eigenvalue weighted by Gasteiger charge is -2.16. The maximum absolute atomic E-state index is 11.7. The van der Waals surface area contributed by atoms with E-state index in [0.717, 1.165) is 37.2 Å². The highest BCUT2D eigenvalue weighted by Crippen LogP contribution is 2.21. The maximum atomic E-state index is 11.7. The summed E-state index contributed by atoms with van der Waals surface area (Å²) in [6.07, 6.45) is 3.18. The fraction of sp³-hybridized carbons (Fsp3) is 0.636. The Kier molecular flexibility index (Phi) is 7.28. The number of carbonyl (C=O) groups is 1. The van der Waals surface area contributed by atoms with Gasteiger partial charge in [-0.2, -0.15) is 0 Å². The van der Waals surface area contributed by atoms with Gasteiger partial charge >= 0.3 is 5.97 Å². The van der Waals surface area contributed by atoms with E-state index in [0.29, 0.717) is 19.0 Å². The van der Waals surface area contributed by atoms with E-state index in [4.69, 9.17) is 10.5 Å². The Morgan fingerprint density at radius 2 is 2.17 bits per heavy atom. The first-order chi connectivity index (χ1) is 7.77. The van der Waals surface area contributed by atoms with Crippen molar-refractivity contribution in [3.63, 3.8) is 0 Å². The standard InChI is InChI=1S/C11H17N3O2.2ClH/c1-2-16-11(15)10-13-8(7-12)9-5-3-4-6-14(9)10;;/h2-7,12H2,1H3;2*1H. The summed E-state index contributed by atoms with van der Waals surface area (Å²) in [7, 11) is 0. The Morgan fingerprint density at radius 1 is 1.44 bits per heavy atom. The molecule has 2 heterocycles. The van der Waals surface area contributed by atoms with Crippen molar-refractivity contribution < 1.29 is 9.53 Å². The number of fused-ring (bicyclic) bond motifs is 1. The molecule has 2 N–H and O–H groups in total. The summed E-state index contributed by atoms with van der Waals surface area (Å²) in [5.41, 5.74) is 7.58. The van der Waals surface area contributed by atoms with E-state index in [9.17, 15) is 4.79 Å². The first-order valence-electron chi connectivity index (χ1n) is 5.73. The molecule has 0 atom stereocenters. The average molecular weight is 296 g/mol. The summed E-state index contributed by atoms with van der Waals surface area (Å²) in [4.78, 5) is 16.0. The van der Waals surface area contributed by atoms with Crippen molar-refractivity contribution in [1.82, 2.24) is 9.55 Å². The maximum Gasteiger partial charge on any atom is 0.374 e. The van der Waals surface area contributed by atoms with Crippen LogP contribution in [0.2, 0.25) is 0 Å². The lowest BCUT2D eigenvalue weighted by molar-refractivity contribution is 0.0505. The monoisotopic (exact) mass is 295 g/mol. The van der Waals surface area contributed by atoms with E-state index < -0.39 is 0 Å². The summed E-state index contributed by atoms with van der Waals surface area (Å²) >= 11 is 0. The van der Waals surface area contributed by atoms with Gasteiger partial charge in [-0.3, -0.25) is 0 Å². The first-order valence-corrected chi connectivity index (χ1v) is 5.73. The fourth-order valence-corrected chi connectivity index (χ4v) is 2.13. The summed E-state index contributed by atoms with van der Waals surface area (Å²) in [6.45, 7) is 3.39. The van der Waals surface area contributed by atoms with Crippen molar-refractivity contribution in [1.29, 1.82) is 0 Å². The zero-order chi connectivity index (χ0) is 11.5. The number of carbonyl (C=O) groups excluding carboxylic acids is 1. The zero-order valence-electron chi connectivity index (χ0n) is 10.3. The number of rotatable bonds is 3. The number of hydrogen-bond donors (Lipinski definition) is 1. The third-order valence-electron chi connectivity index (χ3n) is 2.85. The Balaban J connectivity index is 0.00000144. The smallest absolute Gasteiger partial charge is 0.374 e. The number of nitrogens with zero attached hydrogens (tertiary/aromatic N) is 2. The molecule has 0 saturated heterocycles. The van der Waals surface area contributed by atoms with Gasteiger partial charge in [0.05, 0.1) is 12.3 Å². The molecular formula is C11H19Cl2N3O2. The third kappa shape index (κ3) is 3.16. The molecule has 0 saturated carbocycles. The molecule has 0 amide bonds. The largest absolute Gasteiger partial charge is 0.460 e. The SMILES string of the molecule is CCOC(=O)c1nc(CN)c2n1CCCC2.Cl.Cl. The molecule has 104 valence electrons. The minimum atomic E-state index is -0.342. The summed E-state index contributed by atoms with van der Waals surface area (Å²) < 4.78 is 6.95. The molecule has 5 nitrogen and oxygen atoms in total. The van der Waals surface area contributed by atoms with Gasteiger partial charge in [-0.05, 0) is 26.2 Å². The van der Waals surface area contributed by atoms with E-state index in [2.05, 4.69) is 4.98 Å². The van der Waals surface area contributed by atoms with Gasteiger partial charge in [0.1, 0.15) is 0 Å². The van der Waals surface area contributed by atoms with Crippen molar-refractivity contribution in [3.8, 4) is 0 Å². The molecule has 0 fully saturated rings. The molecule has 1 aliphatic heterocycles. The number of aromatic nitrogens is 2. The van der Waals surface area contributed by atoms with Crippen LogP contribution in [0.25, 0.3) is 0 Å². The molecule has 2 rings (SSSR count). The molecule has 1 aromatic heterocycles. The molecular weight excluding hydrogens is 277 g/mol. The Morgan fingerprint density at radius 3 is 2.78 bits per heavy atom. The van der Waals surface area contributed by atoms with E-state index in [1.165, 1.54) is 0 Å². The summed E-state index contributed by atoms with van der Waals surface area (Å²) in [6, 6.07) is 0. The molecule has 1 aromatic rings. The lowest BCUT2D eigenvalue weighted by atomic mass is 10.1. The quantitative estimate of drug-likeness (QED) is 0.862. The number of nitrogens with two attached hydrogens (primary N) is 1. The molecule has 0 radical (unpaired) electrons. The normalized spacial score (nSPS) is 13.0. The zero-order valence-corrected chi connectivity index (χ0v) is 12.0. The second kappa shape index (κ2) is 7.61. The van der Waals surface area contributed by atoms with Crippen LogP contribution >= 0.6 is 24.8 Å². The van der Waals surface area contributed by atoms with E-state index in [-0.39, 0.29) is 30.8 Å². The van der Waals surface area contributed by atoms with Crippen LogP contribution in [-0.2, 0) is 24.2 Å². The second-order valence-electron chi connectivity index (χ2n) is 3.86. The predicted octanol–water partition coefficient (Wildman–Crippen LogP) is 1.70. The molecule has 0 spiro atoms. The molecule has 0 unspecified atom stereocenters. The number of halogens is 2. The number of hydrogen-bond acceptors (Lipinski definition) is 4. The number of imidazole rings is 1. The Labute approximate surface area is 119 Å². The Hall–Kier alpha value is -0.780. The average Bonchev–Trinajstić information content (AvgIpc) is 2.68. The van der Waals surface area contributed by atoms with Crippen LogP contribution < -0.4 is 5.73 Å². The third-order valence-corrected chi connectivity index (χ3v) is 2.85. The van der Waals surface area contributed by atoms with Crippen LogP contribution in [0.5, 0.6) is 0 Å². The molecule has 0 bridgehead atoms. The molecule has 0 aromatic carbocycles. The topological polar surface area (TPSA) is 70.1 Å². The van der Waals surface area contributed by atoms with Crippen LogP contribution in [0, 0.1) is 0 Å². The number of ether oxygens (including phenoxy) is 1. The highest BCUT2D eigenvalue weighted by atomic mass is 35.5. The van der Waals surface area contributed by atoms with E-state index >= 15 is 0 Å². The van der Waals surface area contributed by atoms with Gasteiger partial charge in [-0.1, -0.05) is 0 Å². The van der Waals surface area contributed by atoms with Crippen LogP contribution in [0.4, 0.5) is 0 Å². The lowest BCUT2D eigenvalue weighted by Crippen LogP contribution is -2.18. The van der Waals surface area contributed by atoms with E-state index in [1.54, 1.807) is 6.92 Å². The highest BCUT2D eigenvalue weighted by Gasteiger charge is 2.23. The first kappa shape index (κ1) is 17.2. The highest BCUT2D eigenvalue weighted by molar-refractivity contribution is 5.86. The molecule has 7 heteroatoms. The van der Waals surface area contributed by atoms with Crippen LogP contribution in [0.3, 0.4) is 0 Å². The summed E-state index contributed by atoms with van der Waals surface area (Å²) in [5.74, 6) is 0.0716. The van der Waals surface area contributed by atoms with Gasteiger partial charge in [0.15, 0.2) is 0 Å². The van der Waals surface area contributed by atoms with Gasteiger partial charge in [0.25, 0.3) is 0 Å². The Bertz CT molecular complexity index is 407. The van der Waals surface area contributed by atoms with Gasteiger partial charge in [-0.25, -0.2) is 9.78 Å². The van der Waals surface area contributed by atoms with Crippen LogP contribution in [-0.4, -0.2) is 22.1 Å². The van der Waals surface area contributed by atoms with E-state index in [1.807, 2.05) is 4.57 Å². The molecule has 0 aliphatic carbocycles. The minimum absolute atomic E-state index is 0. The predicted molar refractivity (Wildman–Crippen MR) is 73.5 cm³/mol. The van der Waals surface area contributed by atoms with Crippen molar-refractivity contribution in [3.05, 3.63) is 17.2 Å². The summed E-state index contributed by atoms with van der Waals surface area (Å²) in [5, 5.41) is 0. The van der Waals surface area contributed by atoms with Gasteiger partial charge in [0, 0.05) is 18.8 Å². The molecule has 1 aliphatic rings. The fourth-order valence-electron chi connectivity index (χ4n) is 2.13. The second-order valence-corrected chi connectivity index (χ2v) is 3.86. The van der Waals surface area contributed by atoms with Crippen LogP contribution in [0.15, 0.2) is 0 Å². The minimum Gasteiger partial charge on any atom is -0.460 e.